The molecule has 1 aromatic rings. The summed E-state index contributed by atoms with van der Waals surface area (Å²) in [6.45, 7) is 0. The molecule has 1 fully saturated rings. The zero-order valence-corrected chi connectivity index (χ0v) is 11.9. The van der Waals surface area contributed by atoms with Gasteiger partial charge in [0.2, 0.25) is 0 Å². The third-order valence-corrected chi connectivity index (χ3v) is 3.95. The minimum atomic E-state index is -0.991. The lowest BCUT2D eigenvalue weighted by atomic mass is 9.92. The van der Waals surface area contributed by atoms with Gasteiger partial charge in [0.1, 0.15) is 5.69 Å². The first kappa shape index (κ1) is 15.7. The van der Waals surface area contributed by atoms with Gasteiger partial charge in [0.05, 0.1) is 22.4 Å². The molecule has 4 N–H and O–H groups in total. The van der Waals surface area contributed by atoms with E-state index in [2.05, 4.69) is 5.32 Å². The Kier molecular flexibility index (Phi) is 4.30. The van der Waals surface area contributed by atoms with Crippen LogP contribution in [0.3, 0.4) is 0 Å². The maximum Gasteiger partial charge on any atom is 0.305 e. The maximum absolute atomic E-state index is 12.4. The molecule has 1 aliphatic carbocycles. The van der Waals surface area contributed by atoms with E-state index in [9.17, 15) is 19.7 Å². The summed E-state index contributed by atoms with van der Waals surface area (Å²) in [5.74, 6) is -1.57. The molecule has 0 saturated heterocycles. The summed E-state index contributed by atoms with van der Waals surface area (Å²) in [5.41, 5.74) is 4.32. The van der Waals surface area contributed by atoms with Gasteiger partial charge in [-0.15, -0.1) is 0 Å². The topological polar surface area (TPSA) is 136 Å². The number of anilines is 1. The van der Waals surface area contributed by atoms with E-state index in [1.54, 1.807) is 0 Å². The summed E-state index contributed by atoms with van der Waals surface area (Å²) >= 11 is 0. The first-order valence-electron chi connectivity index (χ1n) is 6.92. The highest BCUT2D eigenvalue weighted by molar-refractivity contribution is 6.01. The van der Waals surface area contributed by atoms with Crippen LogP contribution >= 0.6 is 0 Å². The second-order valence-corrected chi connectivity index (χ2v) is 5.51. The first-order valence-corrected chi connectivity index (χ1v) is 6.92. The van der Waals surface area contributed by atoms with Crippen LogP contribution in [-0.2, 0) is 4.79 Å². The molecule has 0 unspecified atom stereocenters. The number of carboxylic acids is 1. The Labute approximate surface area is 126 Å². The maximum atomic E-state index is 12.4. The Bertz CT molecular complexity index is 623. The predicted octanol–water partition coefficient (Wildman–Crippen LogP) is 1.69. The SMILES string of the molecule is Nc1c(C(=O)NC2(CC(=O)O)CCCC2)cccc1[N+](=O)[O-]. The number of nitrogen functional groups attached to an aromatic ring is 1. The van der Waals surface area contributed by atoms with Crippen LogP contribution in [0.4, 0.5) is 11.4 Å². The monoisotopic (exact) mass is 307 g/mol. The quantitative estimate of drug-likeness (QED) is 0.430. The Morgan fingerprint density at radius 1 is 1.36 bits per heavy atom. The lowest BCUT2D eigenvalue weighted by Crippen LogP contribution is -2.48. The van der Waals surface area contributed by atoms with E-state index in [4.69, 9.17) is 10.8 Å². The smallest absolute Gasteiger partial charge is 0.305 e. The van der Waals surface area contributed by atoms with Gasteiger partial charge in [-0.3, -0.25) is 19.7 Å². The first-order chi connectivity index (χ1) is 10.3. The fourth-order valence-electron chi connectivity index (χ4n) is 2.91. The van der Waals surface area contributed by atoms with E-state index in [1.165, 1.54) is 18.2 Å². The predicted molar refractivity (Wildman–Crippen MR) is 78.4 cm³/mol. The van der Waals surface area contributed by atoms with Gasteiger partial charge >= 0.3 is 5.97 Å². The molecule has 0 radical (unpaired) electrons. The third kappa shape index (κ3) is 3.16. The van der Waals surface area contributed by atoms with E-state index in [0.29, 0.717) is 12.8 Å². The van der Waals surface area contributed by atoms with E-state index in [0.717, 1.165) is 12.8 Å². The zero-order valence-electron chi connectivity index (χ0n) is 11.9. The Hall–Kier alpha value is -2.64. The number of rotatable bonds is 5. The van der Waals surface area contributed by atoms with Crippen LogP contribution < -0.4 is 11.1 Å². The molecule has 2 rings (SSSR count). The van der Waals surface area contributed by atoms with Crippen molar-refractivity contribution in [3.05, 3.63) is 33.9 Å². The summed E-state index contributed by atoms with van der Waals surface area (Å²) in [7, 11) is 0. The Morgan fingerprint density at radius 3 is 2.55 bits per heavy atom. The largest absolute Gasteiger partial charge is 0.481 e. The number of nitro benzene ring substituents is 1. The van der Waals surface area contributed by atoms with Crippen LogP contribution in [-0.4, -0.2) is 27.4 Å². The average molecular weight is 307 g/mol. The number of nitrogens with one attached hydrogen (secondary N) is 1. The molecule has 0 atom stereocenters. The number of para-hydroxylation sites is 1. The van der Waals surface area contributed by atoms with Crippen molar-refractivity contribution in [3.8, 4) is 0 Å². The van der Waals surface area contributed by atoms with Crippen LogP contribution in [0.1, 0.15) is 42.5 Å². The summed E-state index contributed by atoms with van der Waals surface area (Å²) in [4.78, 5) is 33.6. The van der Waals surface area contributed by atoms with Gasteiger partial charge in [-0.1, -0.05) is 18.9 Å². The molecular formula is C14H17N3O5. The average Bonchev–Trinajstić information content (AvgIpc) is 2.85. The van der Waals surface area contributed by atoms with E-state index in [-0.39, 0.29) is 23.4 Å². The molecule has 1 saturated carbocycles. The number of carboxylic acid groups (broad SMARTS) is 1. The molecule has 0 bridgehead atoms. The number of nitrogens with two attached hydrogens (primary N) is 1. The third-order valence-electron chi connectivity index (χ3n) is 3.95. The van der Waals surface area contributed by atoms with Gasteiger partial charge in [0.25, 0.3) is 11.6 Å². The minimum absolute atomic E-state index is 0.00846. The molecule has 1 aliphatic rings. The van der Waals surface area contributed by atoms with Gasteiger partial charge in [-0.2, -0.15) is 0 Å². The van der Waals surface area contributed by atoms with Gasteiger partial charge in [0, 0.05) is 6.07 Å². The van der Waals surface area contributed by atoms with Crippen molar-refractivity contribution in [1.29, 1.82) is 0 Å². The van der Waals surface area contributed by atoms with Crippen molar-refractivity contribution in [1.82, 2.24) is 5.32 Å². The highest BCUT2D eigenvalue weighted by Crippen LogP contribution is 2.34. The van der Waals surface area contributed by atoms with Crippen molar-refractivity contribution in [2.75, 3.05) is 5.73 Å². The van der Waals surface area contributed by atoms with Crippen molar-refractivity contribution in [2.24, 2.45) is 0 Å². The summed E-state index contributed by atoms with van der Waals surface area (Å²) in [6, 6.07) is 3.98. The second-order valence-electron chi connectivity index (χ2n) is 5.51. The Morgan fingerprint density at radius 2 is 2.00 bits per heavy atom. The molecule has 0 heterocycles. The number of aliphatic carboxylic acids is 1. The molecule has 8 nitrogen and oxygen atoms in total. The van der Waals surface area contributed by atoms with Crippen molar-refractivity contribution in [2.45, 2.75) is 37.6 Å². The minimum Gasteiger partial charge on any atom is -0.481 e. The lowest BCUT2D eigenvalue weighted by molar-refractivity contribution is -0.383. The number of benzene rings is 1. The summed E-state index contributed by atoms with van der Waals surface area (Å²) in [5, 5.41) is 22.6. The number of hydrogen-bond donors (Lipinski definition) is 3. The fraction of sp³-hybridized carbons (Fsp3) is 0.429. The molecule has 118 valence electrons. The van der Waals surface area contributed by atoms with E-state index >= 15 is 0 Å². The highest BCUT2D eigenvalue weighted by atomic mass is 16.6. The normalized spacial score (nSPS) is 16.2. The van der Waals surface area contributed by atoms with Crippen LogP contribution in [0.5, 0.6) is 0 Å². The number of carbonyl (C=O) groups is 2. The summed E-state index contributed by atoms with van der Waals surface area (Å²) in [6.07, 6.45) is 2.63. The van der Waals surface area contributed by atoms with Crippen LogP contribution in [0.15, 0.2) is 18.2 Å². The lowest BCUT2D eigenvalue weighted by Gasteiger charge is -2.28. The van der Waals surface area contributed by atoms with Gasteiger partial charge in [-0.05, 0) is 18.9 Å². The van der Waals surface area contributed by atoms with Crippen LogP contribution in [0, 0.1) is 10.1 Å². The highest BCUT2D eigenvalue weighted by Gasteiger charge is 2.38. The van der Waals surface area contributed by atoms with Crippen LogP contribution in [0.2, 0.25) is 0 Å². The van der Waals surface area contributed by atoms with Gasteiger partial charge < -0.3 is 16.2 Å². The van der Waals surface area contributed by atoms with Crippen molar-refractivity contribution >= 4 is 23.3 Å². The van der Waals surface area contributed by atoms with Crippen molar-refractivity contribution in [3.63, 3.8) is 0 Å². The van der Waals surface area contributed by atoms with Crippen LogP contribution in [0.25, 0.3) is 0 Å². The molecule has 0 aromatic heterocycles. The molecule has 8 heteroatoms. The molecule has 0 aliphatic heterocycles. The number of carbonyl (C=O) groups excluding carboxylic acids is 1. The second kappa shape index (κ2) is 6.00. The van der Waals surface area contributed by atoms with E-state index in [1.807, 2.05) is 0 Å². The standard InChI is InChI=1S/C14H17N3O5/c15-12-9(4-3-5-10(12)17(21)22)13(20)16-14(8-11(18)19)6-1-2-7-14/h3-5H,1-2,6-8,15H2,(H,16,20)(H,18,19). The molecule has 22 heavy (non-hydrogen) atoms. The molecule has 1 amide bonds. The Balaban J connectivity index is 2.26. The molecule has 1 aromatic carbocycles. The van der Waals surface area contributed by atoms with Crippen molar-refractivity contribution < 1.29 is 19.6 Å². The number of hydrogen-bond acceptors (Lipinski definition) is 5. The van der Waals surface area contributed by atoms with Gasteiger partial charge in [0.15, 0.2) is 0 Å². The van der Waals surface area contributed by atoms with E-state index < -0.39 is 22.3 Å². The molecular weight excluding hydrogens is 290 g/mol. The zero-order chi connectivity index (χ0) is 16.3. The fourth-order valence-corrected chi connectivity index (χ4v) is 2.91. The number of amides is 1. The number of nitro groups is 1. The molecule has 0 spiro atoms. The van der Waals surface area contributed by atoms with Gasteiger partial charge in [-0.25, -0.2) is 0 Å². The summed E-state index contributed by atoms with van der Waals surface area (Å²) < 4.78 is 0. The number of nitrogens with zero attached hydrogens (tertiary/aromatic N) is 1.